The van der Waals surface area contributed by atoms with E-state index < -0.39 is 0 Å². The fraction of sp³-hybridized carbons (Fsp3) is 0.581. The third-order valence-corrected chi connectivity index (χ3v) is 7.56. The number of nitrogens with zero attached hydrogens (tertiary/aromatic N) is 2. The first-order valence-electron chi connectivity index (χ1n) is 14.6. The van der Waals surface area contributed by atoms with Crippen LogP contribution in [0.4, 0.5) is 0 Å². The lowest BCUT2D eigenvalue weighted by Gasteiger charge is -2.21. The minimum absolute atomic E-state index is 0.0251. The zero-order valence-electron chi connectivity index (χ0n) is 23.0. The third-order valence-electron chi connectivity index (χ3n) is 7.56. The van der Waals surface area contributed by atoms with Crippen LogP contribution in [0.25, 0.3) is 0 Å². The summed E-state index contributed by atoms with van der Waals surface area (Å²) in [5, 5.41) is 6.43. The van der Waals surface area contributed by atoms with Crippen molar-refractivity contribution < 1.29 is 4.79 Å². The van der Waals surface area contributed by atoms with Crippen LogP contribution in [0.3, 0.4) is 0 Å². The van der Waals surface area contributed by atoms with Crippen molar-refractivity contribution in [2.45, 2.75) is 103 Å². The molecule has 208 valence electrons. The summed E-state index contributed by atoms with van der Waals surface area (Å²) in [5.74, 6) is 1.06. The van der Waals surface area contributed by atoms with Crippen molar-refractivity contribution in [3.8, 4) is 0 Å². The van der Waals surface area contributed by atoms with E-state index in [0.717, 1.165) is 23.6 Å². The molecule has 1 saturated carbocycles. The summed E-state index contributed by atoms with van der Waals surface area (Å²) in [6.07, 6.45) is 18.3. The fourth-order valence-electron chi connectivity index (χ4n) is 5.29. The van der Waals surface area contributed by atoms with Gasteiger partial charge in [-0.3, -0.25) is 14.8 Å². The molecule has 38 heavy (non-hydrogen) atoms. The Labute approximate surface area is 229 Å². The van der Waals surface area contributed by atoms with Crippen molar-refractivity contribution in [3.63, 3.8) is 0 Å². The number of pyridine rings is 1. The summed E-state index contributed by atoms with van der Waals surface area (Å²) < 4.78 is 0. The molecule has 7 heteroatoms. The molecule has 0 bridgehead atoms. The molecule has 0 unspecified atom stereocenters. The molecule has 1 aliphatic carbocycles. The molecule has 7 nitrogen and oxygen atoms in total. The van der Waals surface area contributed by atoms with Gasteiger partial charge >= 0.3 is 0 Å². The fourth-order valence-corrected chi connectivity index (χ4v) is 5.29. The second-order valence-corrected chi connectivity index (χ2v) is 10.7. The average Bonchev–Trinajstić information content (AvgIpc) is 2.94. The monoisotopic (exact) mass is 520 g/mol. The van der Waals surface area contributed by atoms with Crippen LogP contribution in [0.2, 0.25) is 0 Å². The number of carbonyl (C=O) groups is 1. The van der Waals surface area contributed by atoms with Crippen molar-refractivity contribution >= 4 is 11.9 Å². The Hall–Kier alpha value is -2.93. The molecule has 0 spiro atoms. The number of guanidine groups is 1. The number of aromatic nitrogens is 1. The Morgan fingerprint density at radius 1 is 0.921 bits per heavy atom. The zero-order chi connectivity index (χ0) is 26.8. The van der Waals surface area contributed by atoms with Crippen molar-refractivity contribution in [3.05, 3.63) is 65.5 Å². The Bertz CT molecular complexity index is 937. The maximum Gasteiger partial charge on any atom is 0.237 e. The second-order valence-electron chi connectivity index (χ2n) is 10.7. The summed E-state index contributed by atoms with van der Waals surface area (Å²) >= 11 is 0. The molecule has 2 aromatic rings. The smallest absolute Gasteiger partial charge is 0.237 e. The summed E-state index contributed by atoms with van der Waals surface area (Å²) in [7, 11) is 0. The van der Waals surface area contributed by atoms with E-state index in [1.165, 1.54) is 69.8 Å². The van der Waals surface area contributed by atoms with Crippen molar-refractivity contribution in [1.82, 2.24) is 15.6 Å². The molecular weight excluding hydrogens is 472 g/mol. The first-order valence-corrected chi connectivity index (χ1v) is 14.6. The van der Waals surface area contributed by atoms with Gasteiger partial charge in [-0.25, -0.2) is 0 Å². The van der Waals surface area contributed by atoms with Crippen LogP contribution >= 0.6 is 0 Å². The minimum Gasteiger partial charge on any atom is -0.370 e. The van der Waals surface area contributed by atoms with E-state index in [-0.39, 0.29) is 17.9 Å². The summed E-state index contributed by atoms with van der Waals surface area (Å²) in [6, 6.07) is 14.1. The lowest BCUT2D eigenvalue weighted by atomic mass is 9.85. The van der Waals surface area contributed by atoms with Gasteiger partial charge in [-0.2, -0.15) is 0 Å². The Balaban J connectivity index is 1.36. The Kier molecular flexibility index (Phi) is 13.7. The highest BCUT2D eigenvalue weighted by atomic mass is 16.2. The van der Waals surface area contributed by atoms with Crippen LogP contribution in [-0.4, -0.2) is 29.4 Å². The molecule has 1 heterocycles. The first kappa shape index (κ1) is 29.6. The number of carbonyl (C=O) groups excluding carboxylic acids is 1. The van der Waals surface area contributed by atoms with E-state index in [1.54, 1.807) is 6.20 Å². The van der Waals surface area contributed by atoms with Gasteiger partial charge in [0.1, 0.15) is 0 Å². The number of nitrogens with two attached hydrogens (primary N) is 2. The van der Waals surface area contributed by atoms with Gasteiger partial charge in [0.05, 0.1) is 11.7 Å². The van der Waals surface area contributed by atoms with Crippen LogP contribution in [0, 0.1) is 5.92 Å². The molecule has 0 aliphatic heterocycles. The zero-order valence-corrected chi connectivity index (χ0v) is 23.0. The number of nitrogens with one attached hydrogen (secondary N) is 2. The molecule has 0 radical (unpaired) electrons. The predicted octanol–water partition coefficient (Wildman–Crippen LogP) is 4.98. The molecule has 1 fully saturated rings. The van der Waals surface area contributed by atoms with Gasteiger partial charge in [0, 0.05) is 25.8 Å². The standard InChI is InChI=1S/C31H48N6O/c32-31(33)35-22-10-16-29(36-24-28-15-8-9-21-34-28)30(38)37-23-27-19-17-26(18-20-27)14-5-2-1-4-11-25-12-6-3-7-13-25/h8-9,15,17-21,25,29,36H,1-7,10-14,16,22-24H2,(H,37,38)(H4,32,33,35)/t29-/m1/s1. The van der Waals surface area contributed by atoms with Crippen LogP contribution < -0.4 is 22.1 Å². The minimum atomic E-state index is -0.344. The van der Waals surface area contributed by atoms with Gasteiger partial charge in [-0.1, -0.05) is 88.1 Å². The Morgan fingerprint density at radius 2 is 1.68 bits per heavy atom. The normalized spacial score (nSPS) is 14.6. The SMILES string of the molecule is NC(N)=NCCC[C@@H](NCc1ccccn1)C(=O)NCc1ccc(CCCCCCC2CCCCC2)cc1. The number of benzene rings is 1. The van der Waals surface area contributed by atoms with Crippen molar-refractivity contribution in [2.24, 2.45) is 22.4 Å². The number of aliphatic imine (C=N–C) groups is 1. The summed E-state index contributed by atoms with van der Waals surface area (Å²) in [4.78, 5) is 21.4. The van der Waals surface area contributed by atoms with Crippen molar-refractivity contribution in [2.75, 3.05) is 6.54 Å². The van der Waals surface area contributed by atoms with Crippen LogP contribution in [0.5, 0.6) is 0 Å². The van der Waals surface area contributed by atoms with E-state index in [9.17, 15) is 4.79 Å². The van der Waals surface area contributed by atoms with Gasteiger partial charge in [0.2, 0.25) is 5.91 Å². The predicted molar refractivity (Wildman–Crippen MR) is 156 cm³/mol. The molecule has 1 aromatic carbocycles. The highest BCUT2D eigenvalue weighted by molar-refractivity contribution is 5.81. The van der Waals surface area contributed by atoms with Crippen LogP contribution in [0.1, 0.15) is 93.9 Å². The maximum absolute atomic E-state index is 13.0. The number of hydrogen-bond donors (Lipinski definition) is 4. The third kappa shape index (κ3) is 12.1. The summed E-state index contributed by atoms with van der Waals surface area (Å²) in [5.41, 5.74) is 14.2. The van der Waals surface area contributed by atoms with E-state index in [0.29, 0.717) is 32.5 Å². The summed E-state index contributed by atoms with van der Waals surface area (Å²) in [6.45, 7) is 1.53. The van der Waals surface area contributed by atoms with E-state index >= 15 is 0 Å². The van der Waals surface area contributed by atoms with Crippen LogP contribution in [-0.2, 0) is 24.3 Å². The molecule has 1 aliphatic rings. The average molecular weight is 521 g/mol. The largest absolute Gasteiger partial charge is 0.370 e. The lowest BCUT2D eigenvalue weighted by Crippen LogP contribution is -2.43. The van der Waals surface area contributed by atoms with Crippen molar-refractivity contribution in [1.29, 1.82) is 0 Å². The number of hydrogen-bond acceptors (Lipinski definition) is 4. The quantitative estimate of drug-likeness (QED) is 0.133. The molecule has 6 N–H and O–H groups in total. The lowest BCUT2D eigenvalue weighted by molar-refractivity contribution is -0.123. The molecule has 1 aromatic heterocycles. The molecule has 3 rings (SSSR count). The highest BCUT2D eigenvalue weighted by Crippen LogP contribution is 2.28. The van der Waals surface area contributed by atoms with E-state index in [4.69, 9.17) is 11.5 Å². The molecule has 1 amide bonds. The van der Waals surface area contributed by atoms with E-state index in [2.05, 4.69) is 44.9 Å². The topological polar surface area (TPSA) is 118 Å². The van der Waals surface area contributed by atoms with Crippen LogP contribution in [0.15, 0.2) is 53.7 Å². The highest BCUT2D eigenvalue weighted by Gasteiger charge is 2.17. The first-order chi connectivity index (χ1) is 18.6. The number of unbranched alkanes of at least 4 members (excludes halogenated alkanes) is 3. The number of rotatable bonds is 17. The Morgan fingerprint density at radius 3 is 2.42 bits per heavy atom. The van der Waals surface area contributed by atoms with Gasteiger partial charge < -0.3 is 22.1 Å². The van der Waals surface area contributed by atoms with Gasteiger partial charge in [0.15, 0.2) is 5.96 Å². The molecule has 1 atom stereocenters. The second kappa shape index (κ2) is 17.6. The number of amides is 1. The maximum atomic E-state index is 13.0. The molecular formula is C31H48N6O. The van der Waals surface area contributed by atoms with E-state index in [1.807, 2.05) is 18.2 Å². The molecule has 0 saturated heterocycles. The number of aryl methyl sites for hydroxylation is 1. The van der Waals surface area contributed by atoms with Gasteiger partial charge in [-0.05, 0) is 54.9 Å². The van der Waals surface area contributed by atoms with Gasteiger partial charge in [-0.15, -0.1) is 0 Å². The van der Waals surface area contributed by atoms with Gasteiger partial charge in [0.25, 0.3) is 0 Å².